The van der Waals surface area contributed by atoms with Crippen LogP contribution in [0.2, 0.25) is 0 Å². The summed E-state index contributed by atoms with van der Waals surface area (Å²) in [4.78, 5) is 21.3. The number of ether oxygens (including phenoxy) is 2. The molecule has 0 aromatic carbocycles. The van der Waals surface area contributed by atoms with Gasteiger partial charge in [-0.05, 0) is 26.7 Å². The zero-order chi connectivity index (χ0) is 17.2. The first kappa shape index (κ1) is 22.4. The predicted molar refractivity (Wildman–Crippen MR) is 110 cm³/mol. The third-order valence-electron chi connectivity index (χ3n) is 4.53. The van der Waals surface area contributed by atoms with Crippen molar-refractivity contribution in [2.75, 3.05) is 65.6 Å². The monoisotopic (exact) mass is 468 g/mol. The average Bonchev–Trinajstić information content (AvgIpc) is 2.62. The summed E-state index contributed by atoms with van der Waals surface area (Å²) >= 11 is 0. The van der Waals surface area contributed by atoms with Gasteiger partial charge in [-0.3, -0.25) is 14.7 Å². The highest BCUT2D eigenvalue weighted by Gasteiger charge is 2.27. The molecule has 7 nitrogen and oxygen atoms in total. The van der Waals surface area contributed by atoms with Crippen molar-refractivity contribution < 1.29 is 14.3 Å². The van der Waals surface area contributed by atoms with E-state index in [-0.39, 0.29) is 35.9 Å². The number of hydrogen-bond acceptors (Lipinski definition) is 5. The van der Waals surface area contributed by atoms with Gasteiger partial charge in [0.05, 0.1) is 32.3 Å². The lowest BCUT2D eigenvalue weighted by Crippen LogP contribution is -2.47. The lowest BCUT2D eigenvalue weighted by atomic mass is 9.97. The summed E-state index contributed by atoms with van der Waals surface area (Å²) in [6, 6.07) is 0. The Bertz CT molecular complexity index is 409. The van der Waals surface area contributed by atoms with Crippen molar-refractivity contribution in [3.63, 3.8) is 0 Å². The van der Waals surface area contributed by atoms with Crippen LogP contribution in [0, 0.1) is 5.92 Å². The number of carbonyl (C=O) groups is 1. The molecule has 0 aliphatic carbocycles. The number of halogens is 1. The van der Waals surface area contributed by atoms with Crippen LogP contribution in [-0.4, -0.2) is 87.4 Å². The molecule has 0 bridgehead atoms. The number of rotatable bonds is 6. The maximum absolute atomic E-state index is 11.8. The van der Waals surface area contributed by atoms with Crippen molar-refractivity contribution in [1.82, 2.24) is 15.1 Å². The number of likely N-dealkylation sites (tertiary alicyclic amines) is 1. The van der Waals surface area contributed by atoms with Crippen LogP contribution < -0.4 is 5.32 Å². The number of piperidine rings is 1. The number of carbonyl (C=O) groups excluding carboxylic acids is 1. The van der Waals surface area contributed by atoms with Crippen molar-refractivity contribution in [1.29, 1.82) is 0 Å². The summed E-state index contributed by atoms with van der Waals surface area (Å²) in [5, 5.41) is 3.38. The Hall–Kier alpha value is -0.610. The smallest absolute Gasteiger partial charge is 0.309 e. The molecule has 0 aromatic rings. The van der Waals surface area contributed by atoms with E-state index in [2.05, 4.69) is 22.0 Å². The number of nitrogens with one attached hydrogen (secondary N) is 1. The topological polar surface area (TPSA) is 66.4 Å². The Morgan fingerprint density at radius 3 is 2.48 bits per heavy atom. The maximum Gasteiger partial charge on any atom is 0.309 e. The number of nitrogens with zero attached hydrogens (tertiary/aromatic N) is 3. The molecule has 0 amide bonds. The molecule has 2 aliphatic heterocycles. The first-order valence-corrected chi connectivity index (χ1v) is 9.24. The van der Waals surface area contributed by atoms with Gasteiger partial charge in [0.2, 0.25) is 0 Å². The van der Waals surface area contributed by atoms with Crippen molar-refractivity contribution in [2.45, 2.75) is 26.7 Å². The zero-order valence-electron chi connectivity index (χ0n) is 15.5. The molecule has 0 saturated carbocycles. The van der Waals surface area contributed by atoms with Gasteiger partial charge in [0, 0.05) is 39.3 Å². The standard InChI is InChI=1S/C17H32N4O3.HI/c1-3-18-17(19-7-10-20-11-13-23-14-12-20)21-8-5-15(6-9-21)16(22)24-4-2;/h15H,3-14H2,1-2H3,(H,18,19);1H. The second-order valence-corrected chi connectivity index (χ2v) is 6.20. The quantitative estimate of drug-likeness (QED) is 0.274. The molecule has 0 radical (unpaired) electrons. The summed E-state index contributed by atoms with van der Waals surface area (Å²) in [6.45, 7) is 12.4. The van der Waals surface area contributed by atoms with Crippen molar-refractivity contribution in [3.05, 3.63) is 0 Å². The van der Waals surface area contributed by atoms with E-state index in [1.54, 1.807) is 0 Å². The highest BCUT2D eigenvalue weighted by atomic mass is 127. The average molecular weight is 468 g/mol. The van der Waals surface area contributed by atoms with Crippen molar-refractivity contribution in [2.24, 2.45) is 10.9 Å². The van der Waals surface area contributed by atoms with Gasteiger partial charge in [0.15, 0.2) is 5.96 Å². The fourth-order valence-electron chi connectivity index (χ4n) is 3.14. The molecule has 25 heavy (non-hydrogen) atoms. The third-order valence-corrected chi connectivity index (χ3v) is 4.53. The van der Waals surface area contributed by atoms with E-state index in [1.807, 2.05) is 6.92 Å². The molecule has 0 unspecified atom stereocenters. The summed E-state index contributed by atoms with van der Waals surface area (Å²) in [5.74, 6) is 0.955. The molecule has 8 heteroatoms. The van der Waals surface area contributed by atoms with Crippen molar-refractivity contribution >= 4 is 35.9 Å². The number of esters is 1. The highest BCUT2D eigenvalue weighted by Crippen LogP contribution is 2.18. The Morgan fingerprint density at radius 1 is 1.20 bits per heavy atom. The van der Waals surface area contributed by atoms with Crippen LogP contribution >= 0.6 is 24.0 Å². The van der Waals surface area contributed by atoms with E-state index in [9.17, 15) is 4.79 Å². The second-order valence-electron chi connectivity index (χ2n) is 6.20. The Labute approximate surface area is 168 Å². The molecule has 146 valence electrons. The number of hydrogen-bond donors (Lipinski definition) is 1. The van der Waals surface area contributed by atoms with E-state index in [1.165, 1.54) is 0 Å². The largest absolute Gasteiger partial charge is 0.466 e. The van der Waals surface area contributed by atoms with Gasteiger partial charge in [-0.1, -0.05) is 0 Å². The van der Waals surface area contributed by atoms with Gasteiger partial charge in [-0.25, -0.2) is 0 Å². The summed E-state index contributed by atoms with van der Waals surface area (Å²) in [5.41, 5.74) is 0. The van der Waals surface area contributed by atoms with E-state index in [4.69, 9.17) is 14.5 Å². The first-order chi connectivity index (χ1) is 11.7. The van der Waals surface area contributed by atoms with E-state index in [0.29, 0.717) is 6.61 Å². The number of aliphatic imine (C=N–C) groups is 1. The Morgan fingerprint density at radius 2 is 1.88 bits per heavy atom. The fraction of sp³-hybridized carbons (Fsp3) is 0.882. The fourth-order valence-corrected chi connectivity index (χ4v) is 3.14. The van der Waals surface area contributed by atoms with Crippen LogP contribution in [0.1, 0.15) is 26.7 Å². The van der Waals surface area contributed by atoms with Crippen LogP contribution in [0.15, 0.2) is 4.99 Å². The minimum Gasteiger partial charge on any atom is -0.466 e. The number of guanidine groups is 1. The van der Waals surface area contributed by atoms with Gasteiger partial charge in [0.1, 0.15) is 0 Å². The van der Waals surface area contributed by atoms with Gasteiger partial charge < -0.3 is 19.7 Å². The van der Waals surface area contributed by atoms with Crippen molar-refractivity contribution in [3.8, 4) is 0 Å². The summed E-state index contributed by atoms with van der Waals surface area (Å²) in [7, 11) is 0. The van der Waals surface area contributed by atoms with Crippen LogP contribution in [0.25, 0.3) is 0 Å². The molecule has 2 fully saturated rings. The Kier molecular flexibility index (Phi) is 11.4. The summed E-state index contributed by atoms with van der Waals surface area (Å²) < 4.78 is 10.5. The minimum atomic E-state index is -0.0496. The molecule has 2 rings (SSSR count). The van der Waals surface area contributed by atoms with Gasteiger partial charge >= 0.3 is 5.97 Å². The molecule has 0 aromatic heterocycles. The molecular formula is C17H33IN4O3. The van der Waals surface area contributed by atoms with E-state index in [0.717, 1.165) is 77.8 Å². The Balaban J connectivity index is 0.00000312. The lowest BCUT2D eigenvalue weighted by molar-refractivity contribution is -0.149. The lowest BCUT2D eigenvalue weighted by Gasteiger charge is -2.33. The van der Waals surface area contributed by atoms with Gasteiger partial charge in [0.25, 0.3) is 0 Å². The van der Waals surface area contributed by atoms with Gasteiger partial charge in [-0.15, -0.1) is 24.0 Å². The normalized spacial score (nSPS) is 20.1. The number of morpholine rings is 1. The summed E-state index contributed by atoms with van der Waals surface area (Å²) in [6.07, 6.45) is 1.68. The molecule has 2 heterocycles. The van der Waals surface area contributed by atoms with E-state index < -0.39 is 0 Å². The first-order valence-electron chi connectivity index (χ1n) is 9.24. The molecule has 0 spiro atoms. The van der Waals surface area contributed by atoms with E-state index >= 15 is 0 Å². The minimum absolute atomic E-state index is 0. The molecule has 2 aliphatic rings. The molecule has 0 atom stereocenters. The molecule has 2 saturated heterocycles. The van der Waals surface area contributed by atoms with Crippen LogP contribution in [0.3, 0.4) is 0 Å². The van der Waals surface area contributed by atoms with Crippen LogP contribution in [0.4, 0.5) is 0 Å². The highest BCUT2D eigenvalue weighted by molar-refractivity contribution is 14.0. The maximum atomic E-state index is 11.8. The third kappa shape index (κ3) is 7.65. The predicted octanol–water partition coefficient (Wildman–Crippen LogP) is 1.18. The zero-order valence-corrected chi connectivity index (χ0v) is 17.9. The SMILES string of the molecule is CCNC(=NCCN1CCOCC1)N1CCC(C(=O)OCC)CC1.I. The van der Waals surface area contributed by atoms with Gasteiger partial charge in [-0.2, -0.15) is 0 Å². The van der Waals surface area contributed by atoms with Crippen LogP contribution in [0.5, 0.6) is 0 Å². The second kappa shape index (κ2) is 12.7. The van der Waals surface area contributed by atoms with Crippen LogP contribution in [-0.2, 0) is 14.3 Å². The molecular weight excluding hydrogens is 435 g/mol. The molecule has 1 N–H and O–H groups in total.